The fraction of sp³-hybridized carbons (Fsp3) is 0.727. The summed E-state index contributed by atoms with van der Waals surface area (Å²) >= 11 is 1.89. The van der Waals surface area contributed by atoms with Crippen molar-refractivity contribution in [2.24, 2.45) is 7.05 Å². The van der Waals surface area contributed by atoms with Gasteiger partial charge < -0.3 is 10.4 Å². The van der Waals surface area contributed by atoms with Crippen molar-refractivity contribution < 1.29 is 5.11 Å². The molecule has 0 aliphatic heterocycles. The van der Waals surface area contributed by atoms with Gasteiger partial charge in [0.05, 0.1) is 6.20 Å². The smallest absolute Gasteiger partial charge is 0.0522 e. The van der Waals surface area contributed by atoms with Crippen LogP contribution in [0.4, 0.5) is 0 Å². The van der Waals surface area contributed by atoms with E-state index in [2.05, 4.69) is 16.6 Å². The molecule has 0 radical (unpaired) electrons. The molecule has 0 spiro atoms. The van der Waals surface area contributed by atoms with Gasteiger partial charge >= 0.3 is 0 Å². The first-order valence-corrected chi connectivity index (χ1v) is 6.85. The second-order valence-electron chi connectivity index (χ2n) is 3.71. The maximum absolute atomic E-state index is 8.60. The lowest BCUT2D eigenvalue weighted by Crippen LogP contribution is -2.20. The zero-order valence-electron chi connectivity index (χ0n) is 9.85. The molecule has 16 heavy (non-hydrogen) atoms. The van der Waals surface area contributed by atoms with Gasteiger partial charge in [0.1, 0.15) is 0 Å². The average Bonchev–Trinajstić information content (AvgIpc) is 2.68. The van der Waals surface area contributed by atoms with Gasteiger partial charge in [-0.3, -0.25) is 4.68 Å². The van der Waals surface area contributed by atoms with Crippen molar-refractivity contribution in [1.29, 1.82) is 0 Å². The van der Waals surface area contributed by atoms with Crippen LogP contribution in [-0.2, 0) is 13.5 Å². The zero-order chi connectivity index (χ0) is 11.6. The Labute approximate surface area is 101 Å². The lowest BCUT2D eigenvalue weighted by molar-refractivity contribution is 0.296. The first-order chi connectivity index (χ1) is 7.83. The van der Waals surface area contributed by atoms with E-state index in [9.17, 15) is 0 Å². The molecular formula is C11H21N3OS. The Hall–Kier alpha value is -0.520. The number of hydrogen-bond donors (Lipinski definition) is 2. The number of hydrogen-bond acceptors (Lipinski definition) is 4. The predicted molar refractivity (Wildman–Crippen MR) is 68.8 cm³/mol. The standard InChI is InChI=1S/C11H21N3OS/c1-14-10-11(9-13-14)3-4-12-5-8-16-7-2-6-15/h9-10,12,15H,2-8H2,1H3. The molecular weight excluding hydrogens is 222 g/mol. The van der Waals surface area contributed by atoms with Crippen molar-refractivity contribution in [3.8, 4) is 0 Å². The first kappa shape index (κ1) is 13.5. The van der Waals surface area contributed by atoms with Crippen molar-refractivity contribution >= 4 is 11.8 Å². The fourth-order valence-electron chi connectivity index (χ4n) is 1.37. The number of aryl methyl sites for hydroxylation is 1. The second kappa shape index (κ2) is 8.61. The molecule has 0 fully saturated rings. The molecule has 2 N–H and O–H groups in total. The molecule has 92 valence electrons. The largest absolute Gasteiger partial charge is 0.396 e. The van der Waals surface area contributed by atoms with Gasteiger partial charge in [-0.2, -0.15) is 16.9 Å². The predicted octanol–water partition coefficient (Wildman–Crippen LogP) is 0.668. The Bertz CT molecular complexity index is 278. The summed E-state index contributed by atoms with van der Waals surface area (Å²) in [6.45, 7) is 2.35. The van der Waals surface area contributed by atoms with Gasteiger partial charge in [0, 0.05) is 32.1 Å². The van der Waals surface area contributed by atoms with E-state index >= 15 is 0 Å². The summed E-state index contributed by atoms with van der Waals surface area (Å²) < 4.78 is 1.83. The Morgan fingerprint density at radius 3 is 3.00 bits per heavy atom. The summed E-state index contributed by atoms with van der Waals surface area (Å²) in [6, 6.07) is 0. The number of aromatic nitrogens is 2. The Morgan fingerprint density at radius 2 is 2.31 bits per heavy atom. The van der Waals surface area contributed by atoms with E-state index in [-0.39, 0.29) is 0 Å². The quantitative estimate of drug-likeness (QED) is 0.626. The Morgan fingerprint density at radius 1 is 1.44 bits per heavy atom. The summed E-state index contributed by atoms with van der Waals surface area (Å²) in [6.07, 6.45) is 5.91. The van der Waals surface area contributed by atoms with E-state index in [0.717, 1.165) is 37.4 Å². The molecule has 4 nitrogen and oxygen atoms in total. The van der Waals surface area contributed by atoms with Crippen LogP contribution in [0.2, 0.25) is 0 Å². The highest BCUT2D eigenvalue weighted by Gasteiger charge is 1.95. The van der Waals surface area contributed by atoms with Crippen molar-refractivity contribution in [1.82, 2.24) is 15.1 Å². The van der Waals surface area contributed by atoms with E-state index in [1.165, 1.54) is 5.56 Å². The van der Waals surface area contributed by atoms with Gasteiger partial charge in [-0.05, 0) is 30.7 Å². The van der Waals surface area contributed by atoms with Crippen LogP contribution < -0.4 is 5.32 Å². The lowest BCUT2D eigenvalue weighted by atomic mass is 10.2. The third kappa shape index (κ3) is 6.15. The molecule has 1 aromatic rings. The number of nitrogens with one attached hydrogen (secondary N) is 1. The van der Waals surface area contributed by atoms with Crippen LogP contribution >= 0.6 is 11.8 Å². The molecule has 5 heteroatoms. The SMILES string of the molecule is Cn1cc(CCNCCSCCCO)cn1. The number of thioether (sulfide) groups is 1. The van der Waals surface area contributed by atoms with E-state index in [0.29, 0.717) is 6.61 Å². The van der Waals surface area contributed by atoms with E-state index in [1.807, 2.05) is 29.7 Å². The normalized spacial score (nSPS) is 10.9. The highest BCUT2D eigenvalue weighted by molar-refractivity contribution is 7.99. The van der Waals surface area contributed by atoms with Gasteiger partial charge in [0.25, 0.3) is 0 Å². The minimum atomic E-state index is 0.307. The molecule has 1 rings (SSSR count). The zero-order valence-corrected chi connectivity index (χ0v) is 10.7. The highest BCUT2D eigenvalue weighted by Crippen LogP contribution is 2.00. The van der Waals surface area contributed by atoms with Gasteiger partial charge in [-0.25, -0.2) is 0 Å². The molecule has 0 amide bonds. The minimum absolute atomic E-state index is 0.307. The van der Waals surface area contributed by atoms with Crippen molar-refractivity contribution in [2.45, 2.75) is 12.8 Å². The molecule has 0 aromatic carbocycles. The maximum Gasteiger partial charge on any atom is 0.0522 e. The Kier molecular flexibility index (Phi) is 7.29. The monoisotopic (exact) mass is 243 g/mol. The minimum Gasteiger partial charge on any atom is -0.396 e. The maximum atomic E-state index is 8.60. The van der Waals surface area contributed by atoms with Crippen LogP contribution in [0.15, 0.2) is 12.4 Å². The van der Waals surface area contributed by atoms with Crippen molar-refractivity contribution in [2.75, 3.05) is 31.2 Å². The third-order valence-corrected chi connectivity index (χ3v) is 3.29. The molecule has 1 aromatic heterocycles. The van der Waals surface area contributed by atoms with E-state index in [1.54, 1.807) is 0 Å². The number of nitrogens with zero attached hydrogens (tertiary/aromatic N) is 2. The number of rotatable bonds is 9. The second-order valence-corrected chi connectivity index (χ2v) is 4.94. The highest BCUT2D eigenvalue weighted by atomic mass is 32.2. The molecule has 0 bridgehead atoms. The summed E-state index contributed by atoms with van der Waals surface area (Å²) in [5.41, 5.74) is 1.28. The van der Waals surface area contributed by atoms with Crippen molar-refractivity contribution in [3.63, 3.8) is 0 Å². The van der Waals surface area contributed by atoms with E-state index < -0.39 is 0 Å². The molecule has 0 atom stereocenters. The van der Waals surface area contributed by atoms with Crippen LogP contribution in [-0.4, -0.2) is 46.1 Å². The van der Waals surface area contributed by atoms with Crippen molar-refractivity contribution in [3.05, 3.63) is 18.0 Å². The summed E-state index contributed by atoms with van der Waals surface area (Å²) in [5.74, 6) is 2.17. The van der Waals surface area contributed by atoms with Gasteiger partial charge in [-0.15, -0.1) is 0 Å². The molecule has 0 aliphatic carbocycles. The van der Waals surface area contributed by atoms with E-state index in [4.69, 9.17) is 5.11 Å². The number of aliphatic hydroxyl groups excluding tert-OH is 1. The molecule has 0 aliphatic rings. The summed E-state index contributed by atoms with van der Waals surface area (Å²) in [7, 11) is 1.94. The summed E-state index contributed by atoms with van der Waals surface area (Å²) in [4.78, 5) is 0. The fourth-order valence-corrected chi connectivity index (χ4v) is 2.20. The Balaban J connectivity index is 1.88. The molecule has 0 saturated carbocycles. The molecule has 0 saturated heterocycles. The third-order valence-electron chi connectivity index (χ3n) is 2.22. The summed E-state index contributed by atoms with van der Waals surface area (Å²) in [5, 5.41) is 16.1. The molecule has 0 unspecified atom stereocenters. The number of aliphatic hydroxyl groups is 1. The van der Waals surface area contributed by atoms with Gasteiger partial charge in [0.15, 0.2) is 0 Å². The average molecular weight is 243 g/mol. The van der Waals surface area contributed by atoms with Crippen LogP contribution in [0.3, 0.4) is 0 Å². The lowest BCUT2D eigenvalue weighted by Gasteiger charge is -2.03. The van der Waals surface area contributed by atoms with Gasteiger partial charge in [-0.1, -0.05) is 0 Å². The first-order valence-electron chi connectivity index (χ1n) is 5.70. The van der Waals surface area contributed by atoms with Crippen LogP contribution in [0.5, 0.6) is 0 Å². The van der Waals surface area contributed by atoms with Crippen LogP contribution in [0, 0.1) is 0 Å². The van der Waals surface area contributed by atoms with Crippen LogP contribution in [0.1, 0.15) is 12.0 Å². The van der Waals surface area contributed by atoms with Crippen LogP contribution in [0.25, 0.3) is 0 Å². The molecule has 1 heterocycles. The van der Waals surface area contributed by atoms with Gasteiger partial charge in [0.2, 0.25) is 0 Å². The topological polar surface area (TPSA) is 50.1 Å².